The van der Waals surface area contributed by atoms with Gasteiger partial charge in [-0.2, -0.15) is 0 Å². The van der Waals surface area contributed by atoms with Crippen molar-refractivity contribution < 1.29 is 0 Å². The van der Waals surface area contributed by atoms with E-state index < -0.39 is 0 Å². The summed E-state index contributed by atoms with van der Waals surface area (Å²) in [4.78, 5) is 2.45. The average Bonchev–Trinajstić information content (AvgIpc) is 2.72. The van der Waals surface area contributed by atoms with Gasteiger partial charge in [0.15, 0.2) is 0 Å². The predicted octanol–water partition coefficient (Wildman–Crippen LogP) is 3.57. The molecule has 0 saturated heterocycles. The normalized spacial score (nSPS) is 12.7. The van der Waals surface area contributed by atoms with Gasteiger partial charge in [-0.05, 0) is 37.1 Å². The van der Waals surface area contributed by atoms with E-state index in [9.17, 15) is 0 Å². The summed E-state index contributed by atoms with van der Waals surface area (Å²) in [7, 11) is 0. The zero-order valence-electron chi connectivity index (χ0n) is 9.83. The van der Waals surface area contributed by atoms with Crippen molar-refractivity contribution in [3.8, 4) is 0 Å². The first-order valence-corrected chi connectivity index (χ1v) is 6.60. The van der Waals surface area contributed by atoms with Crippen molar-refractivity contribution in [3.05, 3.63) is 56.2 Å². The second-order valence-electron chi connectivity index (χ2n) is 4.03. The van der Waals surface area contributed by atoms with Crippen molar-refractivity contribution in [2.24, 2.45) is 5.84 Å². The summed E-state index contributed by atoms with van der Waals surface area (Å²) in [6.07, 6.45) is 0. The van der Waals surface area contributed by atoms with Crippen molar-refractivity contribution in [1.29, 1.82) is 0 Å². The molecular formula is C13H15ClN2S. The maximum atomic E-state index is 6.33. The molecule has 0 radical (unpaired) electrons. The van der Waals surface area contributed by atoms with Gasteiger partial charge in [-0.3, -0.25) is 5.84 Å². The van der Waals surface area contributed by atoms with Crippen molar-refractivity contribution in [2.45, 2.75) is 19.9 Å². The molecule has 17 heavy (non-hydrogen) atoms. The van der Waals surface area contributed by atoms with Crippen LogP contribution in [0.1, 0.15) is 26.9 Å². The quantitative estimate of drug-likeness (QED) is 0.658. The Morgan fingerprint density at radius 2 is 2.00 bits per heavy atom. The minimum absolute atomic E-state index is 0.0406. The molecule has 2 aromatic rings. The topological polar surface area (TPSA) is 38.0 Å². The van der Waals surface area contributed by atoms with Gasteiger partial charge in [0, 0.05) is 14.8 Å². The molecule has 0 spiro atoms. The molecule has 0 bridgehead atoms. The van der Waals surface area contributed by atoms with E-state index in [-0.39, 0.29) is 6.04 Å². The minimum Gasteiger partial charge on any atom is -0.271 e. The Balaban J connectivity index is 2.45. The van der Waals surface area contributed by atoms with Gasteiger partial charge in [0.25, 0.3) is 0 Å². The third-order valence-electron chi connectivity index (χ3n) is 2.75. The summed E-state index contributed by atoms with van der Waals surface area (Å²) in [5, 5.41) is 0.779. The Bertz CT molecular complexity index is 522. The molecular weight excluding hydrogens is 252 g/mol. The fourth-order valence-electron chi connectivity index (χ4n) is 1.83. The number of nitrogens with two attached hydrogens (primary N) is 1. The van der Waals surface area contributed by atoms with Crippen molar-refractivity contribution in [1.82, 2.24) is 5.43 Å². The van der Waals surface area contributed by atoms with Crippen LogP contribution < -0.4 is 11.3 Å². The fourth-order valence-corrected chi connectivity index (χ4v) is 3.02. The van der Waals surface area contributed by atoms with Crippen LogP contribution in [0.15, 0.2) is 30.3 Å². The van der Waals surface area contributed by atoms with E-state index in [1.54, 1.807) is 11.3 Å². The third-order valence-corrected chi connectivity index (χ3v) is 4.33. The Kier molecular flexibility index (Phi) is 3.84. The van der Waals surface area contributed by atoms with Gasteiger partial charge < -0.3 is 0 Å². The molecule has 0 aliphatic rings. The highest BCUT2D eigenvalue weighted by molar-refractivity contribution is 7.12. The van der Waals surface area contributed by atoms with Gasteiger partial charge in [0.2, 0.25) is 0 Å². The molecule has 0 aliphatic carbocycles. The Hall–Kier alpha value is -0.870. The van der Waals surface area contributed by atoms with Crippen LogP contribution in [0.25, 0.3) is 0 Å². The molecule has 90 valence electrons. The Morgan fingerprint density at radius 3 is 2.59 bits per heavy atom. The molecule has 1 aromatic heterocycles. The Morgan fingerprint density at radius 1 is 1.24 bits per heavy atom. The number of halogens is 1. The standard InChI is InChI=1S/C13H15ClN2S/c1-8-4-3-5-10(12(8)14)13(16-15)11-7-6-9(2)17-11/h3-7,13,16H,15H2,1-2H3. The zero-order chi connectivity index (χ0) is 12.4. The molecule has 1 unspecified atom stereocenters. The zero-order valence-corrected chi connectivity index (χ0v) is 11.4. The van der Waals surface area contributed by atoms with E-state index in [0.29, 0.717) is 0 Å². The van der Waals surface area contributed by atoms with E-state index in [4.69, 9.17) is 17.4 Å². The lowest BCUT2D eigenvalue weighted by Crippen LogP contribution is -2.28. The first-order chi connectivity index (χ1) is 8.13. The van der Waals surface area contributed by atoms with E-state index in [2.05, 4.69) is 24.5 Å². The molecule has 0 aliphatic heterocycles. The lowest BCUT2D eigenvalue weighted by atomic mass is 10.0. The summed E-state index contributed by atoms with van der Waals surface area (Å²) in [5.41, 5.74) is 4.93. The molecule has 1 heterocycles. The molecule has 0 saturated carbocycles. The lowest BCUT2D eigenvalue weighted by Gasteiger charge is -2.17. The predicted molar refractivity (Wildman–Crippen MR) is 74.4 cm³/mol. The average molecular weight is 267 g/mol. The van der Waals surface area contributed by atoms with Crippen LogP contribution in [0.4, 0.5) is 0 Å². The third kappa shape index (κ3) is 2.53. The first kappa shape index (κ1) is 12.6. The monoisotopic (exact) mass is 266 g/mol. The van der Waals surface area contributed by atoms with Crippen LogP contribution >= 0.6 is 22.9 Å². The van der Waals surface area contributed by atoms with Gasteiger partial charge in [-0.1, -0.05) is 29.8 Å². The fraction of sp³-hybridized carbons (Fsp3) is 0.231. The Labute approximate surface area is 110 Å². The molecule has 4 heteroatoms. The number of hydrazine groups is 1. The molecule has 0 amide bonds. The molecule has 0 fully saturated rings. The van der Waals surface area contributed by atoms with E-state index in [1.807, 2.05) is 25.1 Å². The second-order valence-corrected chi connectivity index (χ2v) is 5.72. The number of hydrogen-bond acceptors (Lipinski definition) is 3. The molecule has 1 aromatic carbocycles. The summed E-state index contributed by atoms with van der Waals surface area (Å²) in [5.74, 6) is 5.66. The molecule has 1 atom stereocenters. The van der Waals surface area contributed by atoms with E-state index in [0.717, 1.165) is 16.1 Å². The van der Waals surface area contributed by atoms with Crippen LogP contribution in [0.2, 0.25) is 5.02 Å². The summed E-state index contributed by atoms with van der Waals surface area (Å²) in [6, 6.07) is 10.1. The lowest BCUT2D eigenvalue weighted by molar-refractivity contribution is 0.646. The van der Waals surface area contributed by atoms with Crippen molar-refractivity contribution in [3.63, 3.8) is 0 Å². The van der Waals surface area contributed by atoms with Gasteiger partial charge in [0.05, 0.1) is 6.04 Å². The maximum absolute atomic E-state index is 6.33. The highest BCUT2D eigenvalue weighted by Crippen LogP contribution is 2.33. The van der Waals surface area contributed by atoms with Gasteiger partial charge in [-0.25, -0.2) is 5.43 Å². The minimum atomic E-state index is -0.0406. The van der Waals surface area contributed by atoms with Gasteiger partial charge >= 0.3 is 0 Å². The first-order valence-electron chi connectivity index (χ1n) is 5.41. The van der Waals surface area contributed by atoms with Crippen LogP contribution in [0.5, 0.6) is 0 Å². The highest BCUT2D eigenvalue weighted by Gasteiger charge is 2.17. The summed E-state index contributed by atoms with van der Waals surface area (Å²) in [6.45, 7) is 4.08. The molecule has 3 N–H and O–H groups in total. The smallest absolute Gasteiger partial charge is 0.0817 e. The van der Waals surface area contributed by atoms with Crippen LogP contribution in [0.3, 0.4) is 0 Å². The summed E-state index contributed by atoms with van der Waals surface area (Å²) < 4.78 is 0. The van der Waals surface area contributed by atoms with Gasteiger partial charge in [-0.15, -0.1) is 11.3 Å². The SMILES string of the molecule is Cc1ccc(C(NN)c2cccc(C)c2Cl)s1. The van der Waals surface area contributed by atoms with Gasteiger partial charge in [0.1, 0.15) is 0 Å². The summed E-state index contributed by atoms with van der Waals surface area (Å²) >= 11 is 8.06. The van der Waals surface area contributed by atoms with Crippen LogP contribution in [0, 0.1) is 13.8 Å². The number of thiophene rings is 1. The van der Waals surface area contributed by atoms with E-state index in [1.165, 1.54) is 9.75 Å². The number of nitrogens with one attached hydrogen (secondary N) is 1. The molecule has 2 rings (SSSR count). The maximum Gasteiger partial charge on any atom is 0.0817 e. The van der Waals surface area contributed by atoms with E-state index >= 15 is 0 Å². The number of aryl methyl sites for hydroxylation is 2. The number of rotatable bonds is 3. The number of hydrogen-bond donors (Lipinski definition) is 2. The largest absolute Gasteiger partial charge is 0.271 e. The molecule has 2 nitrogen and oxygen atoms in total. The van der Waals surface area contributed by atoms with Crippen LogP contribution in [-0.2, 0) is 0 Å². The van der Waals surface area contributed by atoms with Crippen molar-refractivity contribution in [2.75, 3.05) is 0 Å². The van der Waals surface area contributed by atoms with Crippen LogP contribution in [-0.4, -0.2) is 0 Å². The number of benzene rings is 1. The van der Waals surface area contributed by atoms with Crippen molar-refractivity contribution >= 4 is 22.9 Å². The second kappa shape index (κ2) is 5.19. The highest BCUT2D eigenvalue weighted by atomic mass is 35.5.